The van der Waals surface area contributed by atoms with Crippen LogP contribution in [0.25, 0.3) is 11.3 Å². The number of hydrogen-bond acceptors (Lipinski definition) is 5. The van der Waals surface area contributed by atoms with Crippen molar-refractivity contribution in [3.8, 4) is 11.3 Å². The molecular weight excluding hydrogens is 390 g/mol. The Labute approximate surface area is 172 Å². The van der Waals surface area contributed by atoms with Gasteiger partial charge in [-0.2, -0.15) is 11.3 Å². The fourth-order valence-corrected chi connectivity index (χ4v) is 4.18. The van der Waals surface area contributed by atoms with Crippen molar-refractivity contribution < 1.29 is 9.59 Å². The van der Waals surface area contributed by atoms with Gasteiger partial charge in [-0.3, -0.25) is 9.59 Å². The molecule has 0 radical (unpaired) electrons. The molecule has 146 valence electrons. The maximum Gasteiger partial charge on any atom is 0.252 e. The molecule has 3 aromatic rings. The van der Waals surface area contributed by atoms with E-state index in [0.29, 0.717) is 30.1 Å². The Kier molecular flexibility index (Phi) is 6.59. The lowest BCUT2D eigenvalue weighted by atomic mass is 9.99. The number of aromatic nitrogens is 1. The van der Waals surface area contributed by atoms with Crippen molar-refractivity contribution in [2.24, 2.45) is 0 Å². The van der Waals surface area contributed by atoms with Crippen LogP contribution < -0.4 is 10.6 Å². The summed E-state index contributed by atoms with van der Waals surface area (Å²) in [6.07, 6.45) is 0.914. The minimum atomic E-state index is -0.102. The van der Waals surface area contributed by atoms with Gasteiger partial charge in [0.2, 0.25) is 5.91 Å². The molecule has 1 aromatic carbocycles. The third-order valence-electron chi connectivity index (χ3n) is 4.52. The maximum absolute atomic E-state index is 12.1. The first-order valence-corrected chi connectivity index (χ1v) is 10.9. The summed E-state index contributed by atoms with van der Waals surface area (Å²) in [4.78, 5) is 28.5. The van der Waals surface area contributed by atoms with Crippen molar-refractivity contribution in [1.29, 1.82) is 0 Å². The van der Waals surface area contributed by atoms with Gasteiger partial charge in [0.25, 0.3) is 5.91 Å². The van der Waals surface area contributed by atoms with Crippen molar-refractivity contribution in [3.63, 3.8) is 0 Å². The molecule has 0 saturated carbocycles. The molecule has 28 heavy (non-hydrogen) atoms. The average molecular weight is 414 g/mol. The average Bonchev–Trinajstić information content (AvgIpc) is 3.34. The number of nitrogens with zero attached hydrogens (tertiary/aromatic N) is 1. The molecule has 0 saturated heterocycles. The number of carbonyl (C=O) groups excluding carboxylic acids is 2. The molecule has 5 nitrogen and oxygen atoms in total. The first-order chi connectivity index (χ1) is 13.4. The molecule has 7 heteroatoms. The lowest BCUT2D eigenvalue weighted by Crippen LogP contribution is -2.25. The van der Waals surface area contributed by atoms with Crippen LogP contribution in [0.4, 0.5) is 5.13 Å². The number of rotatable bonds is 7. The Morgan fingerprint density at radius 3 is 2.61 bits per heavy atom. The molecule has 0 aliphatic carbocycles. The molecule has 0 aliphatic heterocycles. The van der Waals surface area contributed by atoms with E-state index in [0.717, 1.165) is 11.3 Å². The molecule has 0 aliphatic rings. The number of benzene rings is 1. The number of anilines is 1. The topological polar surface area (TPSA) is 71.1 Å². The van der Waals surface area contributed by atoms with Crippen LogP contribution >= 0.6 is 22.7 Å². The Morgan fingerprint density at radius 1 is 1.07 bits per heavy atom. The highest BCUT2D eigenvalue weighted by Crippen LogP contribution is 2.29. The van der Waals surface area contributed by atoms with Gasteiger partial charge in [-0.1, -0.05) is 6.07 Å². The summed E-state index contributed by atoms with van der Waals surface area (Å²) in [6.45, 7) is 6.73. The summed E-state index contributed by atoms with van der Waals surface area (Å²) in [5.74, 6) is -0.197. The van der Waals surface area contributed by atoms with E-state index >= 15 is 0 Å². The fourth-order valence-electron chi connectivity index (χ4n) is 2.82. The Bertz CT molecular complexity index is 978. The van der Waals surface area contributed by atoms with Gasteiger partial charge < -0.3 is 10.6 Å². The number of nitrogens with one attached hydrogen (secondary N) is 2. The van der Waals surface area contributed by atoms with E-state index in [1.807, 2.05) is 10.8 Å². The number of thiazole rings is 1. The normalized spacial score (nSPS) is 10.7. The van der Waals surface area contributed by atoms with Crippen LogP contribution in [-0.4, -0.2) is 23.3 Å². The molecule has 0 bridgehead atoms. The molecule has 2 N–H and O–H groups in total. The van der Waals surface area contributed by atoms with Crippen molar-refractivity contribution in [2.45, 2.75) is 33.6 Å². The zero-order valence-corrected chi connectivity index (χ0v) is 17.8. The smallest absolute Gasteiger partial charge is 0.252 e. The van der Waals surface area contributed by atoms with Gasteiger partial charge >= 0.3 is 0 Å². The first-order valence-electron chi connectivity index (χ1n) is 9.08. The van der Waals surface area contributed by atoms with E-state index in [2.05, 4.69) is 48.5 Å². The lowest BCUT2D eigenvalue weighted by molar-refractivity contribution is -0.116. The third-order valence-corrected chi connectivity index (χ3v) is 5.96. The lowest BCUT2D eigenvalue weighted by Gasteiger charge is -2.07. The number of carbonyl (C=O) groups is 2. The number of thiophene rings is 1. The van der Waals surface area contributed by atoms with Gasteiger partial charge in [-0.25, -0.2) is 4.98 Å². The van der Waals surface area contributed by atoms with Crippen LogP contribution in [0.2, 0.25) is 0 Å². The number of aryl methyl sites for hydroxylation is 3. The summed E-state index contributed by atoms with van der Waals surface area (Å²) in [6, 6.07) is 6.08. The highest BCUT2D eigenvalue weighted by Gasteiger charge is 2.11. The van der Waals surface area contributed by atoms with Crippen molar-refractivity contribution in [1.82, 2.24) is 10.3 Å². The van der Waals surface area contributed by atoms with Crippen LogP contribution in [0.5, 0.6) is 0 Å². The largest absolute Gasteiger partial charge is 0.352 e. The van der Waals surface area contributed by atoms with Gasteiger partial charge in [-0.15, -0.1) is 11.3 Å². The van der Waals surface area contributed by atoms with Crippen LogP contribution in [0.1, 0.15) is 39.9 Å². The highest BCUT2D eigenvalue weighted by atomic mass is 32.1. The zero-order chi connectivity index (χ0) is 20.1. The second-order valence-electron chi connectivity index (χ2n) is 6.71. The molecule has 2 heterocycles. The molecule has 2 aromatic heterocycles. The molecular formula is C21H23N3O2S2. The van der Waals surface area contributed by atoms with Gasteiger partial charge in [0.1, 0.15) is 0 Å². The van der Waals surface area contributed by atoms with Crippen molar-refractivity contribution in [3.05, 3.63) is 56.6 Å². The second kappa shape index (κ2) is 9.12. The van der Waals surface area contributed by atoms with E-state index in [-0.39, 0.29) is 11.8 Å². The number of amides is 2. The van der Waals surface area contributed by atoms with Crippen molar-refractivity contribution >= 4 is 39.6 Å². The number of hydrogen-bond donors (Lipinski definition) is 2. The van der Waals surface area contributed by atoms with Crippen LogP contribution in [0.15, 0.2) is 34.3 Å². The van der Waals surface area contributed by atoms with Crippen LogP contribution in [0, 0.1) is 20.8 Å². The molecule has 0 fully saturated rings. The summed E-state index contributed by atoms with van der Waals surface area (Å²) in [5, 5.41) is 11.9. The molecule has 2 amide bonds. The summed E-state index contributed by atoms with van der Waals surface area (Å²) >= 11 is 2.91. The van der Waals surface area contributed by atoms with Crippen LogP contribution in [0.3, 0.4) is 0 Å². The Morgan fingerprint density at radius 2 is 1.86 bits per heavy atom. The summed E-state index contributed by atoms with van der Waals surface area (Å²) in [7, 11) is 0. The second-order valence-corrected chi connectivity index (χ2v) is 8.35. The predicted octanol–water partition coefficient (Wildman–Crippen LogP) is 4.95. The molecule has 3 rings (SSSR count). The quantitative estimate of drug-likeness (QED) is 0.539. The predicted molar refractivity (Wildman–Crippen MR) is 116 cm³/mol. The van der Waals surface area contributed by atoms with Gasteiger partial charge in [0.05, 0.1) is 5.69 Å². The Balaban J connectivity index is 1.49. The maximum atomic E-state index is 12.1. The molecule has 0 spiro atoms. The highest BCUT2D eigenvalue weighted by molar-refractivity contribution is 7.14. The summed E-state index contributed by atoms with van der Waals surface area (Å²) in [5.41, 5.74) is 6.29. The van der Waals surface area contributed by atoms with Crippen LogP contribution in [-0.2, 0) is 4.79 Å². The monoisotopic (exact) mass is 413 g/mol. The summed E-state index contributed by atoms with van der Waals surface area (Å²) < 4.78 is 0. The minimum Gasteiger partial charge on any atom is -0.352 e. The standard InChI is InChI=1S/C21H23N3O2S2/c1-13-9-15(3)17(10-14(13)2)18-12-28-21(23-18)24-19(25)5-4-7-22-20(26)16-6-8-27-11-16/h6,8-12H,4-5,7H2,1-3H3,(H,22,26)(H,23,24,25). The van der Waals surface area contributed by atoms with Crippen molar-refractivity contribution in [2.75, 3.05) is 11.9 Å². The zero-order valence-electron chi connectivity index (χ0n) is 16.2. The van der Waals surface area contributed by atoms with Gasteiger partial charge in [0, 0.05) is 34.9 Å². The van der Waals surface area contributed by atoms with Gasteiger partial charge in [0.15, 0.2) is 5.13 Å². The first kappa shape index (κ1) is 20.2. The van der Waals surface area contributed by atoms with E-state index in [1.54, 1.807) is 11.4 Å². The van der Waals surface area contributed by atoms with E-state index < -0.39 is 0 Å². The van der Waals surface area contributed by atoms with E-state index in [4.69, 9.17) is 0 Å². The third kappa shape index (κ3) is 5.05. The SMILES string of the molecule is Cc1cc(C)c(-c2csc(NC(=O)CCCNC(=O)c3ccsc3)n2)cc1C. The van der Waals surface area contributed by atoms with E-state index in [9.17, 15) is 9.59 Å². The minimum absolute atomic E-state index is 0.0949. The fraction of sp³-hybridized carbons (Fsp3) is 0.286. The van der Waals surface area contributed by atoms with E-state index in [1.165, 1.54) is 39.4 Å². The Hall–Kier alpha value is -2.51. The van der Waals surface area contributed by atoms with Gasteiger partial charge in [-0.05, 0) is 61.4 Å². The molecule has 0 atom stereocenters. The molecule has 0 unspecified atom stereocenters.